The molecular weight excluding hydrogens is 490 g/mol. The summed E-state index contributed by atoms with van der Waals surface area (Å²) in [5.41, 5.74) is 4.21. The topological polar surface area (TPSA) is 85.9 Å². The van der Waals surface area contributed by atoms with Crippen LogP contribution >= 0.6 is 11.6 Å². The number of carbonyl (C=O) groups excluding carboxylic acids is 2. The molecule has 6 rings (SSSR count). The molecule has 3 heterocycles. The summed E-state index contributed by atoms with van der Waals surface area (Å²) in [4.78, 5) is 33.2. The van der Waals surface area contributed by atoms with Crippen LogP contribution in [0.3, 0.4) is 0 Å². The number of benzene rings is 3. The van der Waals surface area contributed by atoms with Crippen LogP contribution in [0.1, 0.15) is 48.3 Å². The first-order valence-electron chi connectivity index (χ1n) is 12.4. The molecule has 2 amide bonds. The van der Waals surface area contributed by atoms with E-state index in [-0.39, 0.29) is 23.7 Å². The fraction of sp³-hybridized carbons (Fsp3) is 0.310. The number of phenols is 1. The highest BCUT2D eigenvalue weighted by Gasteiger charge is 2.36. The molecule has 2 aliphatic rings. The fourth-order valence-corrected chi connectivity index (χ4v) is 5.88. The van der Waals surface area contributed by atoms with Gasteiger partial charge in [-0.15, -0.1) is 11.6 Å². The zero-order valence-electron chi connectivity index (χ0n) is 21.0. The maximum atomic E-state index is 13.8. The monoisotopic (exact) mass is 517 g/mol. The molecule has 1 atom stereocenters. The molecule has 190 valence electrons. The fourth-order valence-electron chi connectivity index (χ4n) is 5.62. The van der Waals surface area contributed by atoms with Crippen LogP contribution in [0.25, 0.3) is 21.7 Å². The van der Waals surface area contributed by atoms with Crippen molar-refractivity contribution in [2.24, 2.45) is 0 Å². The molecule has 8 heteroatoms. The van der Waals surface area contributed by atoms with E-state index in [1.165, 1.54) is 0 Å². The average molecular weight is 518 g/mol. The summed E-state index contributed by atoms with van der Waals surface area (Å²) < 4.78 is 5.58. The lowest BCUT2D eigenvalue weighted by Crippen LogP contribution is -2.35. The van der Waals surface area contributed by atoms with Gasteiger partial charge in [0.25, 0.3) is 5.91 Å². The number of aromatic hydroxyl groups is 1. The number of aromatic amines is 1. The van der Waals surface area contributed by atoms with E-state index in [0.717, 1.165) is 38.5 Å². The summed E-state index contributed by atoms with van der Waals surface area (Å²) in [6.07, 6.45) is 0.309. The highest BCUT2D eigenvalue weighted by Crippen LogP contribution is 2.46. The minimum absolute atomic E-state index is 0.0397. The number of carbonyl (C=O) groups is 2. The van der Waals surface area contributed by atoms with Crippen LogP contribution in [-0.4, -0.2) is 46.7 Å². The first-order valence-corrected chi connectivity index (χ1v) is 13.0. The summed E-state index contributed by atoms with van der Waals surface area (Å²) in [6, 6.07) is 15.0. The third-order valence-corrected chi connectivity index (χ3v) is 7.56. The molecular formula is C29H28ClN3O4. The number of hydrogen-bond acceptors (Lipinski definition) is 4. The predicted molar refractivity (Wildman–Crippen MR) is 146 cm³/mol. The molecule has 2 N–H and O–H groups in total. The van der Waals surface area contributed by atoms with Gasteiger partial charge in [-0.25, -0.2) is 4.79 Å². The highest BCUT2D eigenvalue weighted by atomic mass is 35.5. The summed E-state index contributed by atoms with van der Waals surface area (Å²) >= 11 is 6.35. The zero-order chi connectivity index (χ0) is 26.1. The molecule has 0 fully saturated rings. The van der Waals surface area contributed by atoms with Crippen molar-refractivity contribution in [3.8, 4) is 5.75 Å². The van der Waals surface area contributed by atoms with E-state index in [0.29, 0.717) is 36.8 Å². The zero-order valence-corrected chi connectivity index (χ0v) is 21.7. The Morgan fingerprint density at radius 3 is 2.54 bits per heavy atom. The van der Waals surface area contributed by atoms with E-state index >= 15 is 0 Å². The lowest BCUT2D eigenvalue weighted by Gasteiger charge is -2.24. The number of rotatable bonds is 2. The van der Waals surface area contributed by atoms with Crippen molar-refractivity contribution >= 4 is 56.7 Å². The molecule has 0 radical (unpaired) electrons. The van der Waals surface area contributed by atoms with Gasteiger partial charge in [-0.1, -0.05) is 24.3 Å². The van der Waals surface area contributed by atoms with Gasteiger partial charge in [0, 0.05) is 47.2 Å². The molecule has 0 saturated carbocycles. The van der Waals surface area contributed by atoms with E-state index in [2.05, 4.69) is 4.98 Å². The second-order valence-electron chi connectivity index (χ2n) is 10.7. The van der Waals surface area contributed by atoms with Gasteiger partial charge < -0.3 is 19.7 Å². The van der Waals surface area contributed by atoms with Crippen LogP contribution in [0.15, 0.2) is 48.5 Å². The molecule has 3 aromatic carbocycles. The van der Waals surface area contributed by atoms with Crippen molar-refractivity contribution in [3.05, 3.63) is 65.4 Å². The number of fused-ring (bicyclic) bond motifs is 6. The molecule has 0 aliphatic carbocycles. The summed E-state index contributed by atoms with van der Waals surface area (Å²) in [5, 5.41) is 13.3. The Morgan fingerprint density at radius 1 is 1.05 bits per heavy atom. The molecule has 4 aromatic rings. The van der Waals surface area contributed by atoms with Crippen molar-refractivity contribution in [2.45, 2.75) is 38.7 Å². The minimum Gasteiger partial charge on any atom is -0.507 e. The lowest BCUT2D eigenvalue weighted by atomic mass is 9.95. The lowest BCUT2D eigenvalue weighted by molar-refractivity contribution is 0.0583. The van der Waals surface area contributed by atoms with Gasteiger partial charge in [-0.05, 0) is 61.9 Å². The Labute approximate surface area is 219 Å². The SMILES string of the molecule is CC(C)(C)OC(=O)N1CCc2c1ccc1[nH]c(C(=O)N3C[C@@H](CCl)c4c3cc(O)c3ccccc43)cc21. The first-order chi connectivity index (χ1) is 17.7. The Bertz CT molecular complexity index is 1590. The van der Waals surface area contributed by atoms with Gasteiger partial charge in [0.1, 0.15) is 17.0 Å². The first kappa shape index (κ1) is 23.7. The highest BCUT2D eigenvalue weighted by molar-refractivity contribution is 6.19. The number of H-pyrrole nitrogens is 1. The van der Waals surface area contributed by atoms with E-state index in [1.807, 2.05) is 63.2 Å². The third kappa shape index (κ3) is 3.80. The van der Waals surface area contributed by atoms with Gasteiger partial charge in [0.2, 0.25) is 0 Å². The van der Waals surface area contributed by atoms with Crippen molar-refractivity contribution in [1.82, 2.24) is 4.98 Å². The van der Waals surface area contributed by atoms with Crippen molar-refractivity contribution in [1.29, 1.82) is 0 Å². The Hall–Kier alpha value is -3.71. The number of hydrogen-bond donors (Lipinski definition) is 2. The van der Waals surface area contributed by atoms with Crippen molar-refractivity contribution in [3.63, 3.8) is 0 Å². The molecule has 0 spiro atoms. The summed E-state index contributed by atoms with van der Waals surface area (Å²) in [7, 11) is 0. The number of alkyl halides is 1. The third-order valence-electron chi connectivity index (χ3n) is 7.19. The predicted octanol–water partition coefficient (Wildman–Crippen LogP) is 6.31. The number of amides is 2. The van der Waals surface area contributed by atoms with Crippen molar-refractivity contribution < 1.29 is 19.4 Å². The number of aromatic nitrogens is 1. The van der Waals surface area contributed by atoms with E-state index in [4.69, 9.17) is 16.3 Å². The van der Waals surface area contributed by atoms with E-state index in [1.54, 1.807) is 15.9 Å². The number of phenolic OH excluding ortho intramolecular Hbond substituents is 1. The molecule has 2 aliphatic heterocycles. The van der Waals surface area contributed by atoms with Gasteiger partial charge in [-0.2, -0.15) is 0 Å². The molecule has 0 unspecified atom stereocenters. The van der Waals surface area contributed by atoms with E-state index < -0.39 is 5.60 Å². The van der Waals surface area contributed by atoms with Crippen LogP contribution in [-0.2, 0) is 11.2 Å². The van der Waals surface area contributed by atoms with Crippen LogP contribution in [0.2, 0.25) is 0 Å². The Kier molecular flexibility index (Phi) is 5.38. The number of nitrogens with zero attached hydrogens (tertiary/aromatic N) is 2. The summed E-state index contributed by atoms with van der Waals surface area (Å²) in [6.45, 7) is 6.51. The van der Waals surface area contributed by atoms with Crippen molar-refractivity contribution in [2.75, 3.05) is 28.8 Å². The second kappa shape index (κ2) is 8.42. The molecule has 37 heavy (non-hydrogen) atoms. The second-order valence-corrected chi connectivity index (χ2v) is 11.0. The molecule has 7 nitrogen and oxygen atoms in total. The van der Waals surface area contributed by atoms with Gasteiger partial charge in [0.05, 0.1) is 11.4 Å². The molecule has 1 aromatic heterocycles. The standard InChI is InChI=1S/C29H28ClN3O4/c1-29(2,3)37-28(36)32-11-10-17-20-12-22(31-21(20)8-9-23(17)32)27(35)33-15-16(14-30)26-19-7-5-4-6-18(19)25(34)13-24(26)33/h4-9,12-13,16,31,34H,10-11,14-15H2,1-3H3/t16-/m1/s1. The van der Waals surface area contributed by atoms with Crippen LogP contribution < -0.4 is 9.80 Å². The number of ether oxygens (including phenoxy) is 1. The van der Waals surface area contributed by atoms with Gasteiger partial charge >= 0.3 is 6.09 Å². The van der Waals surface area contributed by atoms with Gasteiger partial charge in [-0.3, -0.25) is 9.69 Å². The largest absolute Gasteiger partial charge is 0.507 e. The normalized spacial score (nSPS) is 16.9. The van der Waals surface area contributed by atoms with Gasteiger partial charge in [0.15, 0.2) is 0 Å². The Balaban J connectivity index is 1.37. The van der Waals surface area contributed by atoms with Crippen LogP contribution in [0.5, 0.6) is 5.75 Å². The molecule has 0 bridgehead atoms. The van der Waals surface area contributed by atoms with Crippen LogP contribution in [0, 0.1) is 0 Å². The average Bonchev–Trinajstić information content (AvgIpc) is 3.57. The maximum absolute atomic E-state index is 13.8. The number of halogens is 1. The quantitative estimate of drug-likeness (QED) is 0.305. The molecule has 0 saturated heterocycles. The smallest absolute Gasteiger partial charge is 0.414 e. The summed E-state index contributed by atoms with van der Waals surface area (Å²) in [5.74, 6) is 0.281. The number of anilines is 2. The number of nitrogens with one attached hydrogen (secondary N) is 1. The Morgan fingerprint density at radius 2 is 1.81 bits per heavy atom. The van der Waals surface area contributed by atoms with Crippen LogP contribution in [0.4, 0.5) is 16.2 Å². The van der Waals surface area contributed by atoms with E-state index in [9.17, 15) is 14.7 Å². The minimum atomic E-state index is -0.579. The maximum Gasteiger partial charge on any atom is 0.414 e.